The highest BCUT2D eigenvalue weighted by atomic mass is 35.5. The molecule has 2 aromatic carbocycles. The van der Waals surface area contributed by atoms with Crippen LogP contribution in [0, 0.1) is 5.82 Å². The zero-order chi connectivity index (χ0) is 19.0. The van der Waals surface area contributed by atoms with Crippen molar-refractivity contribution < 1.29 is 14.0 Å². The summed E-state index contributed by atoms with van der Waals surface area (Å²) in [6.07, 6.45) is 1.06. The van der Waals surface area contributed by atoms with E-state index >= 15 is 0 Å². The predicted molar refractivity (Wildman–Crippen MR) is 100 cm³/mol. The predicted octanol–water partition coefficient (Wildman–Crippen LogP) is 3.03. The van der Waals surface area contributed by atoms with Gasteiger partial charge in [0.25, 0.3) is 11.8 Å². The Hall–Kier alpha value is -2.73. The van der Waals surface area contributed by atoms with Gasteiger partial charge in [-0.3, -0.25) is 14.6 Å². The number of likely N-dealkylation sites (tertiary alicyclic amines) is 1. The first-order valence-electron chi connectivity index (χ1n) is 8.69. The van der Waals surface area contributed by atoms with E-state index in [-0.39, 0.29) is 17.6 Å². The first-order chi connectivity index (χ1) is 13.0. The van der Waals surface area contributed by atoms with Crippen LogP contribution in [-0.2, 0) is 4.79 Å². The minimum absolute atomic E-state index is 0.143. The van der Waals surface area contributed by atoms with Crippen molar-refractivity contribution in [3.8, 4) is 0 Å². The molecule has 2 amide bonds. The third-order valence-electron chi connectivity index (χ3n) is 4.97. The summed E-state index contributed by atoms with van der Waals surface area (Å²) >= 11 is 5.90. The molecule has 0 radical (unpaired) electrons. The molecular formula is C20H17ClFN3O2. The van der Waals surface area contributed by atoms with E-state index in [9.17, 15) is 14.0 Å². The van der Waals surface area contributed by atoms with Crippen molar-refractivity contribution in [1.82, 2.24) is 10.2 Å². The maximum atomic E-state index is 13.0. The van der Waals surface area contributed by atoms with Crippen LogP contribution in [0.15, 0.2) is 53.5 Å². The summed E-state index contributed by atoms with van der Waals surface area (Å²) in [5.74, 6) is -0.728. The summed E-state index contributed by atoms with van der Waals surface area (Å²) < 4.78 is 13.0. The highest BCUT2D eigenvalue weighted by Gasteiger charge is 2.42. The molecule has 0 unspecified atom stereocenters. The van der Waals surface area contributed by atoms with E-state index in [4.69, 9.17) is 11.6 Å². The Kier molecular flexibility index (Phi) is 4.44. The SMILES string of the molecule is O=C1NC2(CCN(C(=O)c3ccc(F)cc3)CC2)N=C1c1ccc(Cl)cc1. The molecule has 1 N–H and O–H groups in total. The molecule has 0 saturated carbocycles. The second-order valence-corrected chi connectivity index (χ2v) is 7.19. The highest BCUT2D eigenvalue weighted by Crippen LogP contribution is 2.29. The third kappa shape index (κ3) is 3.45. The summed E-state index contributed by atoms with van der Waals surface area (Å²) in [5.41, 5.74) is 0.891. The topological polar surface area (TPSA) is 61.8 Å². The van der Waals surface area contributed by atoms with Gasteiger partial charge >= 0.3 is 0 Å². The number of piperidine rings is 1. The molecule has 2 aromatic rings. The quantitative estimate of drug-likeness (QED) is 0.863. The van der Waals surface area contributed by atoms with Crippen molar-refractivity contribution >= 4 is 29.1 Å². The molecule has 2 aliphatic heterocycles. The second-order valence-electron chi connectivity index (χ2n) is 6.75. The first-order valence-corrected chi connectivity index (χ1v) is 9.07. The fourth-order valence-electron chi connectivity index (χ4n) is 3.46. The Morgan fingerprint density at radius 1 is 1.07 bits per heavy atom. The molecule has 1 fully saturated rings. The van der Waals surface area contributed by atoms with Crippen LogP contribution in [0.1, 0.15) is 28.8 Å². The summed E-state index contributed by atoms with van der Waals surface area (Å²) in [5, 5.41) is 3.57. The molecule has 2 heterocycles. The van der Waals surface area contributed by atoms with Gasteiger partial charge < -0.3 is 10.2 Å². The molecule has 1 spiro atoms. The molecule has 0 aromatic heterocycles. The van der Waals surface area contributed by atoms with Gasteiger partial charge in [0.2, 0.25) is 0 Å². The molecule has 0 bridgehead atoms. The van der Waals surface area contributed by atoms with Crippen LogP contribution < -0.4 is 5.32 Å². The van der Waals surface area contributed by atoms with Crippen LogP contribution in [0.4, 0.5) is 4.39 Å². The maximum Gasteiger partial charge on any atom is 0.272 e. The molecule has 1 saturated heterocycles. The maximum absolute atomic E-state index is 13.0. The van der Waals surface area contributed by atoms with Crippen molar-refractivity contribution in [1.29, 1.82) is 0 Å². The van der Waals surface area contributed by atoms with Crippen molar-refractivity contribution in [3.63, 3.8) is 0 Å². The van der Waals surface area contributed by atoms with E-state index in [2.05, 4.69) is 10.3 Å². The fourth-order valence-corrected chi connectivity index (χ4v) is 3.58. The summed E-state index contributed by atoms with van der Waals surface area (Å²) in [6, 6.07) is 12.5. The average Bonchev–Trinajstić information content (AvgIpc) is 2.99. The largest absolute Gasteiger partial charge is 0.338 e. The van der Waals surface area contributed by atoms with Crippen LogP contribution in [0.25, 0.3) is 0 Å². The third-order valence-corrected chi connectivity index (χ3v) is 5.23. The van der Waals surface area contributed by atoms with E-state index in [1.807, 2.05) is 0 Å². The van der Waals surface area contributed by atoms with Crippen LogP contribution >= 0.6 is 11.6 Å². The molecule has 0 atom stereocenters. The average molecular weight is 386 g/mol. The summed E-state index contributed by atoms with van der Waals surface area (Å²) in [6.45, 7) is 0.932. The lowest BCUT2D eigenvalue weighted by Gasteiger charge is -2.37. The van der Waals surface area contributed by atoms with Gasteiger partial charge in [0, 0.05) is 42.1 Å². The summed E-state index contributed by atoms with van der Waals surface area (Å²) in [4.78, 5) is 31.3. The standard InChI is InChI=1S/C20H17ClFN3O2/c21-15-5-1-13(2-6-15)17-18(26)24-20(23-17)9-11-25(12-10-20)19(27)14-3-7-16(22)8-4-14/h1-8H,9-12H2,(H,24,26). The molecule has 0 aliphatic carbocycles. The van der Waals surface area contributed by atoms with Crippen LogP contribution in [0.2, 0.25) is 5.02 Å². The molecule has 138 valence electrons. The Balaban J connectivity index is 1.48. The van der Waals surface area contributed by atoms with E-state index < -0.39 is 5.66 Å². The van der Waals surface area contributed by atoms with E-state index in [0.29, 0.717) is 42.2 Å². The zero-order valence-corrected chi connectivity index (χ0v) is 15.2. The second kappa shape index (κ2) is 6.78. The van der Waals surface area contributed by atoms with Gasteiger partial charge in [-0.15, -0.1) is 0 Å². The van der Waals surface area contributed by atoms with Crippen molar-refractivity contribution in [2.24, 2.45) is 4.99 Å². The first kappa shape index (κ1) is 17.7. The van der Waals surface area contributed by atoms with Gasteiger partial charge in [-0.25, -0.2) is 4.39 Å². The van der Waals surface area contributed by atoms with Gasteiger partial charge in [-0.1, -0.05) is 23.7 Å². The van der Waals surface area contributed by atoms with Gasteiger partial charge in [0.15, 0.2) is 0 Å². The van der Waals surface area contributed by atoms with Gasteiger partial charge in [-0.2, -0.15) is 0 Å². The molecule has 27 heavy (non-hydrogen) atoms. The lowest BCUT2D eigenvalue weighted by molar-refractivity contribution is -0.115. The summed E-state index contributed by atoms with van der Waals surface area (Å²) in [7, 11) is 0. The normalized spacial score (nSPS) is 18.4. The Labute approximate surface area is 160 Å². The number of aliphatic imine (C=N–C) groups is 1. The molecule has 5 nitrogen and oxygen atoms in total. The van der Waals surface area contributed by atoms with Crippen LogP contribution in [0.5, 0.6) is 0 Å². The monoisotopic (exact) mass is 385 g/mol. The minimum atomic E-state index is -0.675. The molecule has 2 aliphatic rings. The van der Waals surface area contributed by atoms with Crippen molar-refractivity contribution in [2.75, 3.05) is 13.1 Å². The highest BCUT2D eigenvalue weighted by molar-refractivity contribution is 6.47. The van der Waals surface area contributed by atoms with E-state index in [0.717, 1.165) is 5.56 Å². The number of hydrogen-bond donors (Lipinski definition) is 1. The number of halogens is 2. The van der Waals surface area contributed by atoms with Crippen LogP contribution in [0.3, 0.4) is 0 Å². The number of amides is 2. The number of benzene rings is 2. The molecular weight excluding hydrogens is 369 g/mol. The van der Waals surface area contributed by atoms with Crippen molar-refractivity contribution in [3.05, 3.63) is 70.5 Å². The number of hydrogen-bond acceptors (Lipinski definition) is 3. The van der Waals surface area contributed by atoms with Gasteiger partial charge in [0.05, 0.1) is 0 Å². The number of carbonyl (C=O) groups excluding carboxylic acids is 2. The minimum Gasteiger partial charge on any atom is -0.338 e. The Bertz CT molecular complexity index is 917. The number of nitrogens with one attached hydrogen (secondary N) is 1. The molecule has 7 heteroatoms. The number of carbonyl (C=O) groups is 2. The molecule has 4 rings (SSSR count). The zero-order valence-electron chi connectivity index (χ0n) is 14.4. The smallest absolute Gasteiger partial charge is 0.272 e. The lowest BCUT2D eigenvalue weighted by Crippen LogP contribution is -2.52. The number of nitrogens with zero attached hydrogens (tertiary/aromatic N) is 2. The lowest BCUT2D eigenvalue weighted by atomic mass is 9.97. The fraction of sp³-hybridized carbons (Fsp3) is 0.250. The van der Waals surface area contributed by atoms with Crippen LogP contribution in [-0.4, -0.2) is 41.2 Å². The number of rotatable bonds is 2. The Morgan fingerprint density at radius 2 is 1.70 bits per heavy atom. The van der Waals surface area contributed by atoms with Gasteiger partial charge in [0.1, 0.15) is 17.2 Å². The Morgan fingerprint density at radius 3 is 2.33 bits per heavy atom. The van der Waals surface area contributed by atoms with E-state index in [1.165, 1.54) is 24.3 Å². The van der Waals surface area contributed by atoms with E-state index in [1.54, 1.807) is 29.2 Å². The van der Waals surface area contributed by atoms with Gasteiger partial charge in [-0.05, 0) is 36.4 Å². The van der Waals surface area contributed by atoms with Crippen molar-refractivity contribution in [2.45, 2.75) is 18.5 Å².